The predicted octanol–water partition coefficient (Wildman–Crippen LogP) is -0.247. The molecule has 0 aromatic rings. The van der Waals surface area contributed by atoms with Crippen molar-refractivity contribution in [3.8, 4) is 0 Å². The molecule has 13 heavy (non-hydrogen) atoms. The van der Waals surface area contributed by atoms with E-state index in [-0.39, 0.29) is 36.9 Å². The Labute approximate surface area is 84.8 Å². The zero-order valence-electron chi connectivity index (χ0n) is 7.66. The van der Waals surface area contributed by atoms with E-state index in [2.05, 4.69) is 5.32 Å². The number of amides is 1. The van der Waals surface area contributed by atoms with Gasteiger partial charge in [-0.25, -0.2) is 0 Å². The van der Waals surface area contributed by atoms with Crippen molar-refractivity contribution < 1.29 is 4.79 Å². The van der Waals surface area contributed by atoms with Gasteiger partial charge in [-0.05, 0) is 12.8 Å². The van der Waals surface area contributed by atoms with E-state index in [1.807, 2.05) is 0 Å². The minimum atomic E-state index is -0.0997. The molecule has 1 aliphatic rings. The molecular weight excluding hydrogens is 190 g/mol. The first-order chi connectivity index (χ1) is 5.74. The minimum absolute atomic E-state index is 0. The van der Waals surface area contributed by atoms with Crippen molar-refractivity contribution in [2.24, 2.45) is 11.5 Å². The Hall–Kier alpha value is -0.320. The van der Waals surface area contributed by atoms with E-state index in [4.69, 9.17) is 11.5 Å². The number of hydrogen-bond donors (Lipinski definition) is 3. The molecule has 4 nitrogen and oxygen atoms in total. The van der Waals surface area contributed by atoms with Crippen molar-refractivity contribution >= 4 is 18.3 Å². The average Bonchev–Trinajstić information content (AvgIpc) is 2.09. The first-order valence-electron chi connectivity index (χ1n) is 4.49. The number of carbonyl (C=O) groups is 1. The lowest BCUT2D eigenvalue weighted by molar-refractivity contribution is -0.120. The van der Waals surface area contributed by atoms with Gasteiger partial charge < -0.3 is 16.8 Å². The Kier molecular flexibility index (Phi) is 6.03. The van der Waals surface area contributed by atoms with Gasteiger partial charge in [0.25, 0.3) is 0 Å². The molecule has 0 spiro atoms. The van der Waals surface area contributed by atoms with Crippen LogP contribution in [0.5, 0.6) is 0 Å². The van der Waals surface area contributed by atoms with Gasteiger partial charge in [0, 0.05) is 12.1 Å². The molecule has 0 aromatic carbocycles. The molecule has 0 aromatic heterocycles. The lowest BCUT2D eigenvalue weighted by Crippen LogP contribution is -2.50. The normalized spacial score (nSPS) is 27.5. The molecule has 5 heteroatoms. The largest absolute Gasteiger partial charge is 0.351 e. The Morgan fingerprint density at radius 2 is 2.00 bits per heavy atom. The van der Waals surface area contributed by atoms with Gasteiger partial charge in [0.15, 0.2) is 0 Å². The second-order valence-corrected chi connectivity index (χ2v) is 3.33. The molecule has 78 valence electrons. The van der Waals surface area contributed by atoms with Crippen LogP contribution in [0.15, 0.2) is 0 Å². The fraction of sp³-hybridized carbons (Fsp3) is 0.875. The molecular formula is C8H18ClN3O. The summed E-state index contributed by atoms with van der Waals surface area (Å²) < 4.78 is 0. The van der Waals surface area contributed by atoms with Crippen LogP contribution in [0.2, 0.25) is 0 Å². The van der Waals surface area contributed by atoms with Crippen LogP contribution in [-0.4, -0.2) is 24.5 Å². The number of rotatable bonds is 2. The molecule has 5 N–H and O–H groups in total. The monoisotopic (exact) mass is 207 g/mol. The van der Waals surface area contributed by atoms with Gasteiger partial charge >= 0.3 is 0 Å². The summed E-state index contributed by atoms with van der Waals surface area (Å²) in [5.74, 6) is -0.0997. The molecule has 0 saturated heterocycles. The average molecular weight is 208 g/mol. The first-order valence-corrected chi connectivity index (χ1v) is 4.49. The fourth-order valence-corrected chi connectivity index (χ4v) is 1.60. The number of nitrogens with two attached hydrogens (primary N) is 2. The molecule has 1 rings (SSSR count). The summed E-state index contributed by atoms with van der Waals surface area (Å²) in [7, 11) is 0. The van der Waals surface area contributed by atoms with E-state index in [1.54, 1.807) is 0 Å². The number of hydrogen-bond acceptors (Lipinski definition) is 3. The van der Waals surface area contributed by atoms with E-state index in [0.717, 1.165) is 19.3 Å². The third-order valence-corrected chi connectivity index (χ3v) is 2.35. The van der Waals surface area contributed by atoms with Crippen molar-refractivity contribution in [2.45, 2.75) is 37.8 Å². The van der Waals surface area contributed by atoms with E-state index < -0.39 is 0 Å². The molecule has 1 aliphatic carbocycles. The van der Waals surface area contributed by atoms with E-state index in [9.17, 15) is 4.79 Å². The summed E-state index contributed by atoms with van der Waals surface area (Å²) in [6.45, 7) is 0.0587. The standard InChI is InChI=1S/C8H17N3O.ClH/c9-5-8(12)11-7-4-2-1-3-6(7)10;/h6-7H,1-5,9-10H2,(H,11,12);1H/t6-,7-;/m1./s1. The zero-order valence-corrected chi connectivity index (χ0v) is 8.48. The van der Waals surface area contributed by atoms with E-state index >= 15 is 0 Å². The van der Waals surface area contributed by atoms with Crippen LogP contribution in [0.4, 0.5) is 0 Å². The van der Waals surface area contributed by atoms with Crippen molar-refractivity contribution in [1.29, 1.82) is 0 Å². The van der Waals surface area contributed by atoms with Gasteiger partial charge in [0.1, 0.15) is 0 Å². The fourth-order valence-electron chi connectivity index (χ4n) is 1.60. The van der Waals surface area contributed by atoms with Crippen LogP contribution in [-0.2, 0) is 4.79 Å². The molecule has 0 radical (unpaired) electrons. The molecule has 2 atom stereocenters. The maximum absolute atomic E-state index is 10.9. The maximum atomic E-state index is 10.9. The zero-order chi connectivity index (χ0) is 8.97. The SMILES string of the molecule is Cl.NCC(=O)N[C@@H]1CCCC[C@H]1N. The van der Waals surface area contributed by atoms with Gasteiger partial charge in [-0.1, -0.05) is 12.8 Å². The van der Waals surface area contributed by atoms with Crippen molar-refractivity contribution in [1.82, 2.24) is 5.32 Å². The van der Waals surface area contributed by atoms with E-state index in [1.165, 1.54) is 6.42 Å². The summed E-state index contributed by atoms with van der Waals surface area (Å²) in [6.07, 6.45) is 4.34. The summed E-state index contributed by atoms with van der Waals surface area (Å²) in [5, 5.41) is 2.83. The molecule has 1 fully saturated rings. The van der Waals surface area contributed by atoms with Crippen LogP contribution >= 0.6 is 12.4 Å². The summed E-state index contributed by atoms with van der Waals surface area (Å²) in [4.78, 5) is 10.9. The lowest BCUT2D eigenvalue weighted by atomic mass is 9.91. The highest BCUT2D eigenvalue weighted by Gasteiger charge is 2.22. The molecule has 0 heterocycles. The third kappa shape index (κ3) is 3.93. The summed E-state index contributed by atoms with van der Waals surface area (Å²) in [6, 6.07) is 0.268. The molecule has 0 bridgehead atoms. The second-order valence-electron chi connectivity index (χ2n) is 3.33. The molecule has 0 aliphatic heterocycles. The number of nitrogens with one attached hydrogen (secondary N) is 1. The lowest BCUT2D eigenvalue weighted by Gasteiger charge is -2.29. The summed E-state index contributed by atoms with van der Waals surface area (Å²) in [5.41, 5.74) is 11.0. The Balaban J connectivity index is 0.00000144. The molecule has 1 saturated carbocycles. The molecule has 0 unspecified atom stereocenters. The predicted molar refractivity (Wildman–Crippen MR) is 54.7 cm³/mol. The van der Waals surface area contributed by atoms with Gasteiger partial charge in [-0.2, -0.15) is 0 Å². The quantitative estimate of drug-likeness (QED) is 0.584. The van der Waals surface area contributed by atoms with Crippen molar-refractivity contribution in [3.63, 3.8) is 0 Å². The van der Waals surface area contributed by atoms with Crippen LogP contribution in [0.25, 0.3) is 0 Å². The van der Waals surface area contributed by atoms with E-state index in [0.29, 0.717) is 0 Å². The Bertz CT molecular complexity index is 165. The third-order valence-electron chi connectivity index (χ3n) is 2.35. The van der Waals surface area contributed by atoms with Crippen LogP contribution < -0.4 is 16.8 Å². The number of carbonyl (C=O) groups excluding carboxylic acids is 1. The maximum Gasteiger partial charge on any atom is 0.234 e. The van der Waals surface area contributed by atoms with Crippen LogP contribution in [0.1, 0.15) is 25.7 Å². The summed E-state index contributed by atoms with van der Waals surface area (Å²) >= 11 is 0. The minimum Gasteiger partial charge on any atom is -0.351 e. The Morgan fingerprint density at radius 3 is 2.54 bits per heavy atom. The smallest absolute Gasteiger partial charge is 0.234 e. The van der Waals surface area contributed by atoms with Crippen molar-refractivity contribution in [2.75, 3.05) is 6.54 Å². The van der Waals surface area contributed by atoms with Gasteiger partial charge in [0.2, 0.25) is 5.91 Å². The van der Waals surface area contributed by atoms with Crippen molar-refractivity contribution in [3.05, 3.63) is 0 Å². The highest BCUT2D eigenvalue weighted by Crippen LogP contribution is 2.16. The highest BCUT2D eigenvalue weighted by molar-refractivity contribution is 5.85. The highest BCUT2D eigenvalue weighted by atomic mass is 35.5. The van der Waals surface area contributed by atoms with Crippen LogP contribution in [0, 0.1) is 0 Å². The number of halogens is 1. The Morgan fingerprint density at radius 1 is 1.38 bits per heavy atom. The van der Waals surface area contributed by atoms with Gasteiger partial charge in [-0.15, -0.1) is 12.4 Å². The molecule has 1 amide bonds. The second kappa shape index (κ2) is 6.18. The van der Waals surface area contributed by atoms with Gasteiger partial charge in [0.05, 0.1) is 6.54 Å². The van der Waals surface area contributed by atoms with Gasteiger partial charge in [-0.3, -0.25) is 4.79 Å². The first kappa shape index (κ1) is 12.7. The van der Waals surface area contributed by atoms with Crippen LogP contribution in [0.3, 0.4) is 0 Å². The topological polar surface area (TPSA) is 81.1 Å².